The Morgan fingerprint density at radius 1 is 1.00 bits per heavy atom. The minimum atomic E-state index is -0.343. The second-order valence-corrected chi connectivity index (χ2v) is 8.41. The zero-order valence-corrected chi connectivity index (χ0v) is 19.7. The van der Waals surface area contributed by atoms with E-state index < -0.39 is 0 Å². The van der Waals surface area contributed by atoms with Crippen LogP contribution in [0.2, 0.25) is 0 Å². The predicted octanol–water partition coefficient (Wildman–Crippen LogP) is 4.51. The number of anilines is 1. The van der Waals surface area contributed by atoms with Gasteiger partial charge in [0.25, 0.3) is 11.5 Å². The minimum Gasteiger partial charge on any atom is -0.451 e. The van der Waals surface area contributed by atoms with Crippen molar-refractivity contribution >= 4 is 39.4 Å². The summed E-state index contributed by atoms with van der Waals surface area (Å²) >= 11 is 0. The van der Waals surface area contributed by atoms with Gasteiger partial charge >= 0.3 is 0 Å². The highest BCUT2D eigenvalue weighted by molar-refractivity contribution is 6.04. The van der Waals surface area contributed by atoms with Crippen molar-refractivity contribution in [1.29, 1.82) is 0 Å². The number of para-hydroxylation sites is 2. The van der Waals surface area contributed by atoms with Crippen LogP contribution in [0.3, 0.4) is 0 Å². The summed E-state index contributed by atoms with van der Waals surface area (Å²) in [7, 11) is 0. The molecule has 0 aliphatic carbocycles. The third-order valence-corrected chi connectivity index (χ3v) is 5.95. The molecule has 8 heteroatoms. The van der Waals surface area contributed by atoms with Gasteiger partial charge in [-0.1, -0.05) is 42.5 Å². The number of nitrogens with one attached hydrogen (secondary N) is 2. The number of hydrogen-bond donors (Lipinski definition) is 2. The Morgan fingerprint density at radius 2 is 1.75 bits per heavy atom. The molecule has 5 aromatic rings. The van der Waals surface area contributed by atoms with Gasteiger partial charge in [-0.05, 0) is 48.9 Å². The number of hydrogen-bond acceptors (Lipinski definition) is 5. The molecule has 0 unspecified atom stereocenters. The smallest absolute Gasteiger partial charge is 0.291 e. The molecular formula is C28H24N4O4. The molecule has 0 radical (unpaired) electrons. The van der Waals surface area contributed by atoms with Crippen molar-refractivity contribution in [3.8, 4) is 0 Å². The number of likely N-dealkylation sites (N-methyl/N-ethyl adjacent to an activating group) is 1. The van der Waals surface area contributed by atoms with Gasteiger partial charge in [0, 0.05) is 17.6 Å². The molecule has 0 spiro atoms. The normalized spacial score (nSPS) is 11.0. The number of aromatic nitrogens is 2. The molecule has 2 amide bonds. The van der Waals surface area contributed by atoms with Crippen LogP contribution in [0.25, 0.3) is 21.9 Å². The first-order chi connectivity index (χ1) is 17.5. The lowest BCUT2D eigenvalue weighted by atomic mass is 10.1. The molecule has 0 aliphatic rings. The third-order valence-electron chi connectivity index (χ3n) is 5.95. The maximum absolute atomic E-state index is 13.0. The molecule has 36 heavy (non-hydrogen) atoms. The van der Waals surface area contributed by atoms with Gasteiger partial charge in [-0.3, -0.25) is 14.4 Å². The Labute approximate surface area is 206 Å². The Balaban J connectivity index is 1.23. The zero-order valence-electron chi connectivity index (χ0n) is 19.7. The Hall–Kier alpha value is -4.72. The van der Waals surface area contributed by atoms with Crippen LogP contribution in [-0.2, 0) is 17.8 Å². The fourth-order valence-corrected chi connectivity index (χ4v) is 4.05. The Bertz CT molecular complexity index is 1590. The number of H-pyrrole nitrogens is 1. The minimum absolute atomic E-state index is 0.0904. The Kier molecular flexibility index (Phi) is 6.32. The van der Waals surface area contributed by atoms with Gasteiger partial charge in [-0.25, -0.2) is 4.98 Å². The molecule has 0 bridgehead atoms. The fraction of sp³-hybridized carbons (Fsp3) is 0.143. The number of carbonyl (C=O) groups is 2. The summed E-state index contributed by atoms with van der Waals surface area (Å²) in [6, 6.07) is 23.4. The van der Waals surface area contributed by atoms with Crippen LogP contribution in [0.1, 0.15) is 28.9 Å². The van der Waals surface area contributed by atoms with Crippen LogP contribution in [0.4, 0.5) is 5.69 Å². The van der Waals surface area contributed by atoms with Crippen LogP contribution in [0.5, 0.6) is 0 Å². The fourth-order valence-electron chi connectivity index (χ4n) is 4.05. The van der Waals surface area contributed by atoms with Crippen LogP contribution in [-0.4, -0.2) is 33.2 Å². The van der Waals surface area contributed by atoms with Gasteiger partial charge in [0.05, 0.1) is 23.9 Å². The van der Waals surface area contributed by atoms with Gasteiger partial charge in [0.1, 0.15) is 11.4 Å². The SMILES string of the molecule is CCN(Cc1nc2ccccc2c(=O)[nH]1)C(=O)Cc1ccc(NC(=O)c2cc3ccccc3o2)cc1. The first-order valence-electron chi connectivity index (χ1n) is 11.6. The summed E-state index contributed by atoms with van der Waals surface area (Å²) in [5.74, 6) is 0.239. The van der Waals surface area contributed by atoms with E-state index in [1.165, 1.54) is 0 Å². The van der Waals surface area contributed by atoms with E-state index in [-0.39, 0.29) is 36.1 Å². The van der Waals surface area contributed by atoms with E-state index >= 15 is 0 Å². The summed E-state index contributed by atoms with van der Waals surface area (Å²) in [6.07, 6.45) is 0.184. The number of amides is 2. The standard InChI is InChI=1S/C28H24N4O4/c1-2-32(17-25-30-22-9-5-4-8-21(22)27(34)31-25)26(33)15-18-11-13-20(14-12-18)29-28(35)24-16-19-7-3-6-10-23(19)36-24/h3-14,16H,2,15,17H2,1H3,(H,29,35)(H,30,31,34). The largest absolute Gasteiger partial charge is 0.451 e. The number of fused-ring (bicyclic) bond motifs is 2. The van der Waals surface area contributed by atoms with E-state index in [4.69, 9.17) is 4.42 Å². The molecule has 0 saturated heterocycles. The van der Waals surface area contributed by atoms with Crippen molar-refractivity contribution < 1.29 is 14.0 Å². The Morgan fingerprint density at radius 3 is 2.53 bits per heavy atom. The molecule has 8 nitrogen and oxygen atoms in total. The topological polar surface area (TPSA) is 108 Å². The first kappa shape index (κ1) is 23.0. The second kappa shape index (κ2) is 9.87. The van der Waals surface area contributed by atoms with Gasteiger partial charge in [0.15, 0.2) is 5.76 Å². The van der Waals surface area contributed by atoms with E-state index in [9.17, 15) is 14.4 Å². The quantitative estimate of drug-likeness (QED) is 0.356. The van der Waals surface area contributed by atoms with E-state index in [1.54, 1.807) is 53.4 Å². The number of benzene rings is 3. The summed E-state index contributed by atoms with van der Waals surface area (Å²) in [6.45, 7) is 2.57. The van der Waals surface area contributed by atoms with Crippen LogP contribution >= 0.6 is 0 Å². The van der Waals surface area contributed by atoms with Crippen LogP contribution in [0, 0.1) is 0 Å². The van der Waals surface area contributed by atoms with Crippen LogP contribution in [0.15, 0.2) is 88.1 Å². The second-order valence-electron chi connectivity index (χ2n) is 8.41. The molecule has 5 rings (SSSR count). The van der Waals surface area contributed by atoms with Crippen molar-refractivity contribution in [2.75, 3.05) is 11.9 Å². The van der Waals surface area contributed by atoms with Crippen molar-refractivity contribution in [1.82, 2.24) is 14.9 Å². The molecule has 180 valence electrons. The third kappa shape index (κ3) is 4.88. The lowest BCUT2D eigenvalue weighted by Crippen LogP contribution is -2.33. The average Bonchev–Trinajstić information content (AvgIpc) is 3.33. The molecule has 0 fully saturated rings. The number of carbonyl (C=O) groups excluding carboxylic acids is 2. The van der Waals surface area contributed by atoms with E-state index in [1.807, 2.05) is 37.3 Å². The highest BCUT2D eigenvalue weighted by Gasteiger charge is 2.16. The predicted molar refractivity (Wildman–Crippen MR) is 138 cm³/mol. The number of rotatable bonds is 7. The number of aromatic amines is 1. The zero-order chi connectivity index (χ0) is 25.1. The highest BCUT2D eigenvalue weighted by atomic mass is 16.3. The van der Waals surface area contributed by atoms with Gasteiger partial charge in [-0.15, -0.1) is 0 Å². The first-order valence-corrected chi connectivity index (χ1v) is 11.6. The molecule has 0 saturated carbocycles. The molecule has 2 aromatic heterocycles. The summed E-state index contributed by atoms with van der Waals surface area (Å²) < 4.78 is 5.61. The molecule has 2 N–H and O–H groups in total. The van der Waals surface area contributed by atoms with Crippen molar-refractivity contribution in [2.24, 2.45) is 0 Å². The monoisotopic (exact) mass is 480 g/mol. The maximum atomic E-state index is 13.0. The van der Waals surface area contributed by atoms with Crippen molar-refractivity contribution in [2.45, 2.75) is 19.9 Å². The molecular weight excluding hydrogens is 456 g/mol. The lowest BCUT2D eigenvalue weighted by Gasteiger charge is -2.20. The van der Waals surface area contributed by atoms with Crippen molar-refractivity contribution in [3.63, 3.8) is 0 Å². The van der Waals surface area contributed by atoms with Gasteiger partial charge in [0.2, 0.25) is 5.91 Å². The highest BCUT2D eigenvalue weighted by Crippen LogP contribution is 2.20. The molecule has 0 aliphatic heterocycles. The van der Waals surface area contributed by atoms with Gasteiger partial charge < -0.3 is 19.6 Å². The van der Waals surface area contributed by atoms with Crippen molar-refractivity contribution in [3.05, 3.63) is 106 Å². The summed E-state index contributed by atoms with van der Waals surface area (Å²) in [5, 5.41) is 4.19. The van der Waals surface area contributed by atoms with E-state index in [2.05, 4.69) is 15.3 Å². The molecule has 3 aromatic carbocycles. The average molecular weight is 481 g/mol. The molecule has 0 atom stereocenters. The number of furan rings is 1. The van der Waals surface area contributed by atoms with Gasteiger partial charge in [-0.2, -0.15) is 0 Å². The maximum Gasteiger partial charge on any atom is 0.291 e. The number of nitrogens with zero attached hydrogens (tertiary/aromatic N) is 2. The lowest BCUT2D eigenvalue weighted by molar-refractivity contribution is -0.131. The summed E-state index contributed by atoms with van der Waals surface area (Å²) in [4.78, 5) is 46.8. The van der Waals surface area contributed by atoms with Crippen LogP contribution < -0.4 is 10.9 Å². The van der Waals surface area contributed by atoms with E-state index in [0.717, 1.165) is 10.9 Å². The molecule has 2 heterocycles. The van der Waals surface area contributed by atoms with E-state index in [0.29, 0.717) is 34.5 Å². The summed E-state index contributed by atoms with van der Waals surface area (Å²) in [5.41, 5.74) is 2.43.